The molecule has 0 saturated carbocycles. The van der Waals surface area contributed by atoms with Gasteiger partial charge in [-0.15, -0.1) is 0 Å². The van der Waals surface area contributed by atoms with Crippen LogP contribution in [-0.4, -0.2) is 41.8 Å². The Labute approximate surface area is 183 Å². The predicted octanol–water partition coefficient (Wildman–Crippen LogP) is 3.08. The molecule has 3 rings (SSSR count). The summed E-state index contributed by atoms with van der Waals surface area (Å²) in [6, 6.07) is 16.0. The number of amides is 2. The lowest BCUT2D eigenvalue weighted by Gasteiger charge is -2.19. The van der Waals surface area contributed by atoms with Crippen LogP contribution in [0.2, 0.25) is 0 Å². The topological polar surface area (TPSA) is 99.3 Å². The molecule has 0 spiro atoms. The summed E-state index contributed by atoms with van der Waals surface area (Å²) in [6.07, 6.45) is -2.99. The van der Waals surface area contributed by atoms with Crippen molar-refractivity contribution < 1.29 is 22.8 Å². The first-order valence-corrected chi connectivity index (χ1v) is 9.99. The average molecular weight is 444 g/mol. The Morgan fingerprint density at radius 2 is 1.84 bits per heavy atom. The van der Waals surface area contributed by atoms with E-state index in [-0.39, 0.29) is 18.3 Å². The standard InChI is InChI=1S/C23H23F3N4O2/c24-23(25,26)22(32)29-11-9-18(16-6-2-1-3-7-16)19-10-12-30(21(19)31)14-15-5-4-8-17(13-15)20(27)28/h1-9,13,19H,10-12,14H2,(H3,27,28)(H,29,32)/t19-/m0/s1. The summed E-state index contributed by atoms with van der Waals surface area (Å²) in [5.41, 5.74) is 8.22. The van der Waals surface area contributed by atoms with E-state index in [0.29, 0.717) is 36.2 Å². The molecule has 4 N–H and O–H groups in total. The third-order valence-electron chi connectivity index (χ3n) is 5.23. The lowest BCUT2D eigenvalue weighted by atomic mass is 9.90. The second kappa shape index (κ2) is 9.67. The van der Waals surface area contributed by atoms with Crippen LogP contribution in [0.15, 0.2) is 60.7 Å². The number of nitrogens with zero attached hydrogens (tertiary/aromatic N) is 1. The highest BCUT2D eigenvalue weighted by atomic mass is 19.4. The number of carbonyl (C=O) groups excluding carboxylic acids is 2. The minimum Gasteiger partial charge on any atom is -0.384 e. The van der Waals surface area contributed by atoms with Crippen LogP contribution < -0.4 is 11.1 Å². The maximum Gasteiger partial charge on any atom is 0.471 e. The van der Waals surface area contributed by atoms with Crippen molar-refractivity contribution in [2.45, 2.75) is 19.1 Å². The molecule has 9 heteroatoms. The smallest absolute Gasteiger partial charge is 0.384 e. The van der Waals surface area contributed by atoms with E-state index in [9.17, 15) is 22.8 Å². The molecule has 2 amide bonds. The Bertz CT molecular complexity index is 1040. The van der Waals surface area contributed by atoms with Gasteiger partial charge in [-0.1, -0.05) is 54.6 Å². The van der Waals surface area contributed by atoms with Gasteiger partial charge in [0.2, 0.25) is 5.91 Å². The van der Waals surface area contributed by atoms with Crippen molar-refractivity contribution in [1.29, 1.82) is 5.41 Å². The number of nitrogen functional groups attached to an aromatic ring is 1. The summed E-state index contributed by atoms with van der Waals surface area (Å²) in [5, 5.41) is 9.39. The second-order valence-corrected chi connectivity index (χ2v) is 7.45. The first kappa shape index (κ1) is 23.1. The van der Waals surface area contributed by atoms with Crippen LogP contribution in [0.3, 0.4) is 0 Å². The highest BCUT2D eigenvalue weighted by molar-refractivity contribution is 5.95. The van der Waals surface area contributed by atoms with Gasteiger partial charge in [-0.2, -0.15) is 13.2 Å². The van der Waals surface area contributed by atoms with Crippen LogP contribution in [-0.2, 0) is 16.1 Å². The molecule has 1 aliphatic rings. The molecule has 0 bridgehead atoms. The highest BCUT2D eigenvalue weighted by Gasteiger charge is 2.38. The number of likely N-dealkylation sites (tertiary alicyclic amines) is 1. The third kappa shape index (κ3) is 5.54. The average Bonchev–Trinajstić information content (AvgIpc) is 3.11. The van der Waals surface area contributed by atoms with Crippen LogP contribution in [0.1, 0.15) is 23.1 Å². The van der Waals surface area contributed by atoms with Crippen molar-refractivity contribution in [3.8, 4) is 0 Å². The van der Waals surface area contributed by atoms with Crippen LogP contribution >= 0.6 is 0 Å². The maximum atomic E-state index is 13.2. The summed E-state index contributed by atoms with van der Waals surface area (Å²) < 4.78 is 37.4. The number of amidine groups is 1. The van der Waals surface area contributed by atoms with Crippen molar-refractivity contribution >= 4 is 23.2 Å². The first-order valence-electron chi connectivity index (χ1n) is 9.99. The zero-order valence-corrected chi connectivity index (χ0v) is 17.2. The fourth-order valence-electron chi connectivity index (χ4n) is 3.69. The van der Waals surface area contributed by atoms with E-state index >= 15 is 0 Å². The number of nitrogens with two attached hydrogens (primary N) is 1. The van der Waals surface area contributed by atoms with Crippen LogP contribution in [0.25, 0.3) is 5.57 Å². The Balaban J connectivity index is 1.78. The molecular formula is C23H23F3N4O2. The van der Waals surface area contributed by atoms with Gasteiger partial charge < -0.3 is 16.0 Å². The zero-order valence-electron chi connectivity index (χ0n) is 17.2. The van der Waals surface area contributed by atoms with E-state index < -0.39 is 18.0 Å². The number of benzene rings is 2. The van der Waals surface area contributed by atoms with Gasteiger partial charge in [0.1, 0.15) is 5.84 Å². The van der Waals surface area contributed by atoms with Crippen molar-refractivity contribution in [3.05, 3.63) is 77.4 Å². The quantitative estimate of drug-likeness (QED) is 0.452. The number of halogens is 3. The number of rotatable bonds is 7. The molecule has 1 saturated heterocycles. The van der Waals surface area contributed by atoms with E-state index in [2.05, 4.69) is 0 Å². The summed E-state index contributed by atoms with van der Waals surface area (Å²) >= 11 is 0. The van der Waals surface area contributed by atoms with Gasteiger partial charge in [0, 0.05) is 25.2 Å². The highest BCUT2D eigenvalue weighted by Crippen LogP contribution is 2.33. The lowest BCUT2D eigenvalue weighted by molar-refractivity contribution is -0.173. The van der Waals surface area contributed by atoms with E-state index in [1.54, 1.807) is 53.4 Å². The molecule has 2 aromatic carbocycles. The molecular weight excluding hydrogens is 421 g/mol. The van der Waals surface area contributed by atoms with Crippen molar-refractivity contribution in [3.63, 3.8) is 0 Å². The van der Waals surface area contributed by atoms with Gasteiger partial charge in [0.05, 0.1) is 5.92 Å². The molecule has 168 valence electrons. The summed E-state index contributed by atoms with van der Waals surface area (Å²) in [7, 11) is 0. The largest absolute Gasteiger partial charge is 0.471 e. The van der Waals surface area contributed by atoms with Crippen LogP contribution in [0.4, 0.5) is 13.2 Å². The fraction of sp³-hybridized carbons (Fsp3) is 0.261. The van der Waals surface area contributed by atoms with E-state index in [1.165, 1.54) is 6.08 Å². The number of hydrogen-bond acceptors (Lipinski definition) is 3. The molecule has 0 aliphatic carbocycles. The molecule has 2 aromatic rings. The van der Waals surface area contributed by atoms with Crippen molar-refractivity contribution in [2.75, 3.05) is 13.1 Å². The van der Waals surface area contributed by atoms with E-state index in [4.69, 9.17) is 11.1 Å². The van der Waals surface area contributed by atoms with Gasteiger partial charge in [-0.25, -0.2) is 0 Å². The minimum absolute atomic E-state index is 0.0623. The summed E-state index contributed by atoms with van der Waals surface area (Å²) in [6.45, 7) is 0.475. The number of hydrogen-bond donors (Lipinski definition) is 3. The normalized spacial score (nSPS) is 16.8. The fourth-order valence-corrected chi connectivity index (χ4v) is 3.69. The summed E-state index contributed by atoms with van der Waals surface area (Å²) in [5.74, 6) is -2.76. The molecule has 6 nitrogen and oxygen atoms in total. The van der Waals surface area contributed by atoms with Crippen LogP contribution in [0.5, 0.6) is 0 Å². The molecule has 1 atom stereocenters. The van der Waals surface area contributed by atoms with Gasteiger partial charge in [-0.3, -0.25) is 15.0 Å². The Kier molecular flexibility index (Phi) is 6.97. The lowest BCUT2D eigenvalue weighted by Crippen LogP contribution is -2.37. The molecule has 1 aliphatic heterocycles. The number of carbonyl (C=O) groups is 2. The summed E-state index contributed by atoms with van der Waals surface area (Å²) in [4.78, 5) is 26.0. The Hall–Kier alpha value is -3.62. The second-order valence-electron chi connectivity index (χ2n) is 7.45. The van der Waals surface area contributed by atoms with Crippen LogP contribution in [0, 0.1) is 11.3 Å². The number of nitrogens with one attached hydrogen (secondary N) is 2. The van der Waals surface area contributed by atoms with Gasteiger partial charge in [0.25, 0.3) is 0 Å². The maximum absolute atomic E-state index is 13.2. The zero-order chi connectivity index (χ0) is 23.3. The van der Waals surface area contributed by atoms with Crippen molar-refractivity contribution in [2.24, 2.45) is 11.7 Å². The monoisotopic (exact) mass is 444 g/mol. The van der Waals surface area contributed by atoms with Gasteiger partial charge in [0.15, 0.2) is 0 Å². The predicted molar refractivity (Wildman–Crippen MR) is 114 cm³/mol. The first-order chi connectivity index (χ1) is 15.2. The Morgan fingerprint density at radius 3 is 2.50 bits per heavy atom. The molecule has 32 heavy (non-hydrogen) atoms. The van der Waals surface area contributed by atoms with Gasteiger partial charge >= 0.3 is 12.1 Å². The third-order valence-corrected chi connectivity index (χ3v) is 5.23. The van der Waals surface area contributed by atoms with Crippen molar-refractivity contribution in [1.82, 2.24) is 10.2 Å². The molecule has 1 heterocycles. The Morgan fingerprint density at radius 1 is 1.16 bits per heavy atom. The van der Waals surface area contributed by atoms with E-state index in [1.807, 2.05) is 11.4 Å². The molecule has 0 aromatic heterocycles. The molecule has 0 unspecified atom stereocenters. The minimum atomic E-state index is -4.96. The van der Waals surface area contributed by atoms with Gasteiger partial charge in [-0.05, 0) is 29.2 Å². The SMILES string of the molecule is N=C(N)c1cccc(CN2CC[C@@H](C(=CCNC(=O)C(F)(F)F)c3ccccc3)C2=O)c1. The molecule has 0 radical (unpaired) electrons. The number of alkyl halides is 3. The van der Waals surface area contributed by atoms with E-state index in [0.717, 1.165) is 5.56 Å². The molecule has 1 fully saturated rings.